The molecule has 0 radical (unpaired) electrons. The Hall–Kier alpha value is -4.47. The van der Waals surface area contributed by atoms with E-state index < -0.39 is 17.6 Å². The SMILES string of the molecule is CC(C)NC(=O)c1ccc(-c2ccc(Cl)c(F)c2)c(COc2ccc(-c3nc4cc(C(=O)O)ccc4n3C3CCCCC3)c(F)c2)c1.Cl. The van der Waals surface area contributed by atoms with E-state index in [2.05, 4.69) is 5.32 Å². The summed E-state index contributed by atoms with van der Waals surface area (Å²) >= 11 is 5.91. The van der Waals surface area contributed by atoms with E-state index in [-0.39, 0.29) is 58.9 Å². The van der Waals surface area contributed by atoms with Gasteiger partial charge in [-0.1, -0.05) is 43.0 Å². The molecule has 250 valence electrons. The summed E-state index contributed by atoms with van der Waals surface area (Å²) in [7, 11) is 0. The van der Waals surface area contributed by atoms with Gasteiger partial charge in [0.15, 0.2) is 0 Å². The normalized spacial score (nSPS) is 13.4. The molecular weight excluding hydrogens is 659 g/mol. The van der Waals surface area contributed by atoms with E-state index in [4.69, 9.17) is 21.3 Å². The van der Waals surface area contributed by atoms with E-state index in [0.717, 1.165) is 37.6 Å². The molecule has 1 fully saturated rings. The lowest BCUT2D eigenvalue weighted by Crippen LogP contribution is -2.30. The molecule has 0 saturated heterocycles. The van der Waals surface area contributed by atoms with Gasteiger partial charge in [0, 0.05) is 23.7 Å². The first kappa shape index (κ1) is 34.9. The number of carbonyl (C=O) groups is 2. The monoisotopic (exact) mass is 693 g/mol. The fourth-order valence-electron chi connectivity index (χ4n) is 6.20. The Morgan fingerprint density at radius 1 is 0.938 bits per heavy atom. The number of nitrogens with zero attached hydrogens (tertiary/aromatic N) is 2. The average Bonchev–Trinajstić information content (AvgIpc) is 3.43. The van der Waals surface area contributed by atoms with Crippen molar-refractivity contribution in [2.24, 2.45) is 0 Å². The van der Waals surface area contributed by atoms with Crippen LogP contribution in [0.25, 0.3) is 33.5 Å². The molecule has 0 atom stereocenters. The molecule has 1 heterocycles. The second-order valence-electron chi connectivity index (χ2n) is 12.2. The van der Waals surface area contributed by atoms with Gasteiger partial charge in [0.1, 0.15) is 29.8 Å². The molecule has 0 aliphatic heterocycles. The molecule has 1 saturated carbocycles. The summed E-state index contributed by atoms with van der Waals surface area (Å²) < 4.78 is 38.4. The number of carboxylic acid groups (broad SMARTS) is 1. The minimum Gasteiger partial charge on any atom is -0.489 e. The summed E-state index contributed by atoms with van der Waals surface area (Å²) in [4.78, 5) is 29.2. The number of benzene rings is 4. The third-order valence-electron chi connectivity index (χ3n) is 8.47. The number of nitrogens with one attached hydrogen (secondary N) is 1. The van der Waals surface area contributed by atoms with Crippen molar-refractivity contribution >= 4 is 46.9 Å². The fourth-order valence-corrected chi connectivity index (χ4v) is 6.32. The largest absolute Gasteiger partial charge is 0.489 e. The van der Waals surface area contributed by atoms with Crippen molar-refractivity contribution < 1.29 is 28.2 Å². The Balaban J connectivity index is 0.00000451. The first-order chi connectivity index (χ1) is 22.6. The van der Waals surface area contributed by atoms with Gasteiger partial charge in [-0.25, -0.2) is 18.6 Å². The topological polar surface area (TPSA) is 93.4 Å². The number of imidazole rings is 1. The zero-order chi connectivity index (χ0) is 33.2. The molecule has 7 nitrogen and oxygen atoms in total. The van der Waals surface area contributed by atoms with Crippen LogP contribution >= 0.6 is 24.0 Å². The molecule has 5 aromatic rings. The van der Waals surface area contributed by atoms with E-state index in [1.54, 1.807) is 48.5 Å². The second kappa shape index (κ2) is 14.7. The van der Waals surface area contributed by atoms with Gasteiger partial charge in [0.2, 0.25) is 0 Å². The van der Waals surface area contributed by atoms with Crippen molar-refractivity contribution in [3.05, 3.63) is 106 Å². The smallest absolute Gasteiger partial charge is 0.335 e. The maximum atomic E-state index is 15.9. The zero-order valence-electron chi connectivity index (χ0n) is 26.4. The predicted octanol–water partition coefficient (Wildman–Crippen LogP) is 9.64. The lowest BCUT2D eigenvalue weighted by Gasteiger charge is -2.25. The number of aromatic carboxylic acids is 1. The number of fused-ring (bicyclic) bond motifs is 1. The van der Waals surface area contributed by atoms with Crippen LogP contribution in [-0.4, -0.2) is 32.6 Å². The molecular formula is C37H35Cl2F2N3O4. The molecule has 1 aliphatic carbocycles. The molecule has 6 rings (SSSR count). The summed E-state index contributed by atoms with van der Waals surface area (Å²) in [6.07, 6.45) is 5.10. The van der Waals surface area contributed by atoms with Gasteiger partial charge in [0.05, 0.1) is 27.2 Å². The molecule has 1 aromatic heterocycles. The molecule has 11 heteroatoms. The van der Waals surface area contributed by atoms with Crippen LogP contribution in [0.5, 0.6) is 5.75 Å². The lowest BCUT2D eigenvalue weighted by atomic mass is 9.94. The molecule has 2 N–H and O–H groups in total. The van der Waals surface area contributed by atoms with Gasteiger partial charge in [-0.2, -0.15) is 0 Å². The van der Waals surface area contributed by atoms with Crippen molar-refractivity contribution in [2.45, 2.75) is 64.6 Å². The number of hydrogen-bond acceptors (Lipinski definition) is 4. The van der Waals surface area contributed by atoms with Gasteiger partial charge < -0.3 is 19.7 Å². The number of ether oxygens (including phenoxy) is 1. The minimum absolute atomic E-state index is 0. The number of amides is 1. The number of rotatable bonds is 9. The van der Waals surface area contributed by atoms with Crippen molar-refractivity contribution in [3.63, 3.8) is 0 Å². The number of hydrogen-bond donors (Lipinski definition) is 2. The Labute approximate surface area is 288 Å². The predicted molar refractivity (Wildman–Crippen MR) is 185 cm³/mol. The van der Waals surface area contributed by atoms with E-state index >= 15 is 4.39 Å². The molecule has 48 heavy (non-hydrogen) atoms. The van der Waals surface area contributed by atoms with Crippen LogP contribution < -0.4 is 10.1 Å². The first-order valence-corrected chi connectivity index (χ1v) is 16.0. The van der Waals surface area contributed by atoms with Gasteiger partial charge >= 0.3 is 5.97 Å². The van der Waals surface area contributed by atoms with Crippen molar-refractivity contribution in [1.29, 1.82) is 0 Å². The van der Waals surface area contributed by atoms with Crippen LogP contribution in [0.2, 0.25) is 5.02 Å². The third-order valence-corrected chi connectivity index (χ3v) is 8.78. The van der Waals surface area contributed by atoms with Crippen LogP contribution in [0.15, 0.2) is 72.8 Å². The van der Waals surface area contributed by atoms with Crippen LogP contribution in [0.1, 0.15) is 78.3 Å². The van der Waals surface area contributed by atoms with Crippen molar-refractivity contribution in [2.75, 3.05) is 0 Å². The molecule has 0 unspecified atom stereocenters. The zero-order valence-corrected chi connectivity index (χ0v) is 28.0. The van der Waals surface area contributed by atoms with Crippen LogP contribution in [-0.2, 0) is 6.61 Å². The highest BCUT2D eigenvalue weighted by Gasteiger charge is 2.25. The second-order valence-corrected chi connectivity index (χ2v) is 12.6. The standard InChI is InChI=1S/C37H34ClF2N3O4.ClH/c1-21(2)41-36(44)23-8-12-28(22-9-14-30(38)32(40)17-22)25(16-23)20-47-27-11-13-29(31(39)19-27)35-42-33-18-24(37(45)46)10-15-34(33)43(35)26-6-4-3-5-7-26;/h8-19,21,26H,3-7,20H2,1-2H3,(H,41,44)(H,45,46);1H. The third kappa shape index (κ3) is 7.32. The van der Waals surface area contributed by atoms with Crippen molar-refractivity contribution in [3.8, 4) is 28.3 Å². The van der Waals surface area contributed by atoms with E-state index in [0.29, 0.717) is 33.6 Å². The van der Waals surface area contributed by atoms with Gasteiger partial charge in [-0.15, -0.1) is 12.4 Å². The van der Waals surface area contributed by atoms with E-state index in [1.807, 2.05) is 18.4 Å². The number of aromatic nitrogens is 2. The fraction of sp³-hybridized carbons (Fsp3) is 0.270. The summed E-state index contributed by atoms with van der Waals surface area (Å²) in [6.45, 7) is 3.70. The Morgan fingerprint density at radius 3 is 2.35 bits per heavy atom. The van der Waals surface area contributed by atoms with Gasteiger partial charge in [-0.05, 0) is 98.0 Å². The van der Waals surface area contributed by atoms with Gasteiger partial charge in [-0.3, -0.25) is 4.79 Å². The number of carboxylic acids is 1. The molecule has 4 aromatic carbocycles. The first-order valence-electron chi connectivity index (χ1n) is 15.7. The summed E-state index contributed by atoms with van der Waals surface area (Å²) in [5.74, 6) is -1.74. The Kier molecular flexibility index (Phi) is 10.7. The molecule has 1 aliphatic rings. The van der Waals surface area contributed by atoms with Crippen LogP contribution in [0.3, 0.4) is 0 Å². The lowest BCUT2D eigenvalue weighted by molar-refractivity contribution is 0.0696. The van der Waals surface area contributed by atoms with Crippen molar-refractivity contribution in [1.82, 2.24) is 14.9 Å². The molecule has 0 bridgehead atoms. The molecule has 1 amide bonds. The highest BCUT2D eigenvalue weighted by atomic mass is 35.5. The van der Waals surface area contributed by atoms with E-state index in [1.165, 1.54) is 24.3 Å². The average molecular weight is 695 g/mol. The van der Waals surface area contributed by atoms with E-state index in [9.17, 15) is 19.1 Å². The summed E-state index contributed by atoms with van der Waals surface area (Å²) in [6, 6.07) is 19.0. The quantitative estimate of drug-likeness (QED) is 0.160. The van der Waals surface area contributed by atoms with Crippen LogP contribution in [0, 0.1) is 11.6 Å². The Morgan fingerprint density at radius 2 is 1.67 bits per heavy atom. The maximum Gasteiger partial charge on any atom is 0.335 e. The summed E-state index contributed by atoms with van der Waals surface area (Å²) in [5.41, 5.74) is 3.86. The maximum absolute atomic E-state index is 15.9. The Bertz CT molecular complexity index is 1990. The highest BCUT2D eigenvalue weighted by Crippen LogP contribution is 2.38. The minimum atomic E-state index is -1.05. The highest BCUT2D eigenvalue weighted by molar-refractivity contribution is 6.30. The van der Waals surface area contributed by atoms with Crippen LogP contribution in [0.4, 0.5) is 8.78 Å². The number of carbonyl (C=O) groups excluding carboxylic acids is 1. The number of halogens is 4. The van der Waals surface area contributed by atoms with Gasteiger partial charge in [0.25, 0.3) is 5.91 Å². The summed E-state index contributed by atoms with van der Waals surface area (Å²) in [5, 5.41) is 12.4. The molecule has 0 spiro atoms.